The van der Waals surface area contributed by atoms with Gasteiger partial charge >= 0.3 is 0 Å². The van der Waals surface area contributed by atoms with Gasteiger partial charge in [0.15, 0.2) is 0 Å². The van der Waals surface area contributed by atoms with Gasteiger partial charge < -0.3 is 15.0 Å². The molecule has 1 aromatic carbocycles. The molecular formula is C24H20FN7O. The van der Waals surface area contributed by atoms with Crippen LogP contribution in [0.5, 0.6) is 0 Å². The van der Waals surface area contributed by atoms with Crippen molar-refractivity contribution in [2.24, 2.45) is 0 Å². The number of nitrogens with zero attached hydrogens (tertiary/aromatic N) is 6. The summed E-state index contributed by atoms with van der Waals surface area (Å²) in [5.74, 6) is 0.115. The van der Waals surface area contributed by atoms with Crippen molar-refractivity contribution >= 4 is 11.5 Å². The van der Waals surface area contributed by atoms with Crippen molar-refractivity contribution in [3.8, 4) is 0 Å². The number of aromatic nitrogens is 6. The topological polar surface area (TPSA) is 95.2 Å². The Morgan fingerprint density at radius 1 is 1.09 bits per heavy atom. The minimum Gasteiger partial charge on any atom is -0.382 e. The van der Waals surface area contributed by atoms with Crippen molar-refractivity contribution in [3.05, 3.63) is 107 Å². The molecule has 33 heavy (non-hydrogen) atoms. The first-order chi connectivity index (χ1) is 16.2. The Labute approximate surface area is 188 Å². The molecule has 1 aliphatic heterocycles. The van der Waals surface area contributed by atoms with E-state index in [2.05, 4.69) is 20.1 Å². The number of imidazole rings is 1. The number of anilines is 1. The number of hydrogen-bond acceptors (Lipinski definition) is 6. The molecule has 0 saturated carbocycles. The summed E-state index contributed by atoms with van der Waals surface area (Å²) >= 11 is 0. The van der Waals surface area contributed by atoms with Gasteiger partial charge in [0, 0.05) is 31.1 Å². The van der Waals surface area contributed by atoms with Crippen molar-refractivity contribution in [1.82, 2.24) is 29.5 Å². The Hall–Kier alpha value is -4.11. The number of aliphatic hydroxyl groups is 1. The fourth-order valence-corrected chi connectivity index (χ4v) is 4.38. The molecule has 9 heteroatoms. The highest BCUT2D eigenvalue weighted by Gasteiger charge is 2.35. The Balaban J connectivity index is 1.44. The lowest BCUT2D eigenvalue weighted by Gasteiger charge is -2.34. The van der Waals surface area contributed by atoms with Crippen LogP contribution in [0.15, 0.2) is 73.3 Å². The number of aromatic amines is 1. The third-order valence-electron chi connectivity index (χ3n) is 5.99. The van der Waals surface area contributed by atoms with E-state index >= 15 is 0 Å². The van der Waals surface area contributed by atoms with Gasteiger partial charge in [-0.2, -0.15) is 5.10 Å². The maximum Gasteiger partial charge on any atom is 0.226 e. The molecule has 0 amide bonds. The highest BCUT2D eigenvalue weighted by atomic mass is 19.1. The van der Waals surface area contributed by atoms with Crippen LogP contribution in [0.1, 0.15) is 40.5 Å². The van der Waals surface area contributed by atoms with E-state index in [1.165, 1.54) is 10.6 Å². The molecule has 5 aromatic rings. The summed E-state index contributed by atoms with van der Waals surface area (Å²) in [7, 11) is 0. The van der Waals surface area contributed by atoms with Crippen LogP contribution < -0.4 is 4.90 Å². The highest BCUT2D eigenvalue weighted by molar-refractivity contribution is 5.53. The average Bonchev–Trinajstić information content (AvgIpc) is 3.51. The van der Waals surface area contributed by atoms with Crippen LogP contribution >= 0.6 is 0 Å². The summed E-state index contributed by atoms with van der Waals surface area (Å²) in [6, 6.07) is 15.5. The molecule has 0 radical (unpaired) electrons. The summed E-state index contributed by atoms with van der Waals surface area (Å²) in [6.07, 6.45) is 4.87. The number of benzene rings is 1. The number of rotatable bonds is 4. The Morgan fingerprint density at radius 3 is 2.82 bits per heavy atom. The van der Waals surface area contributed by atoms with Gasteiger partial charge in [-0.1, -0.05) is 30.3 Å². The molecule has 4 aromatic heterocycles. The number of fused-ring (bicyclic) bond motifs is 2. The van der Waals surface area contributed by atoms with E-state index in [1.807, 2.05) is 35.2 Å². The van der Waals surface area contributed by atoms with Crippen LogP contribution in [0, 0.1) is 5.82 Å². The van der Waals surface area contributed by atoms with Gasteiger partial charge in [0.25, 0.3) is 0 Å². The Morgan fingerprint density at radius 2 is 1.97 bits per heavy atom. The van der Waals surface area contributed by atoms with Gasteiger partial charge in [-0.3, -0.25) is 0 Å². The van der Waals surface area contributed by atoms with E-state index in [-0.39, 0.29) is 5.82 Å². The molecule has 1 aliphatic rings. The van der Waals surface area contributed by atoms with Gasteiger partial charge in [-0.15, -0.1) is 0 Å². The van der Waals surface area contributed by atoms with Crippen molar-refractivity contribution in [1.29, 1.82) is 0 Å². The van der Waals surface area contributed by atoms with E-state index in [4.69, 9.17) is 4.98 Å². The molecule has 2 N–H and O–H groups in total. The summed E-state index contributed by atoms with van der Waals surface area (Å²) in [6.45, 7) is 0.612. The first-order valence-corrected chi connectivity index (χ1v) is 10.7. The average molecular weight is 441 g/mol. The molecule has 0 bridgehead atoms. The minimum atomic E-state index is -0.874. The standard InChI is InChI=1S/C24H20FN7O/c25-16-7-4-11-32-20(16)13-19(30-32)22-21-17(27-14-28-21)9-12-31(22)24-26-10-8-18(29-24)23(33)15-5-2-1-3-6-15/h1-8,10-11,13-14,22-23,33H,9,12H2,(H,27,28)/t22-,23?/m0/s1. The number of hydrogen-bond donors (Lipinski definition) is 2. The zero-order chi connectivity index (χ0) is 22.4. The molecule has 0 aliphatic carbocycles. The maximum atomic E-state index is 14.4. The number of nitrogens with one attached hydrogen (secondary N) is 1. The zero-order valence-electron chi connectivity index (χ0n) is 17.5. The third-order valence-corrected chi connectivity index (χ3v) is 5.99. The van der Waals surface area contributed by atoms with Crippen LogP contribution in [-0.2, 0) is 6.42 Å². The fourth-order valence-electron chi connectivity index (χ4n) is 4.38. The number of halogens is 1. The quantitative estimate of drug-likeness (QED) is 0.445. The molecule has 0 spiro atoms. The lowest BCUT2D eigenvalue weighted by molar-refractivity contribution is 0.215. The SMILES string of the molecule is OC(c1ccccc1)c1ccnc(N2CCc3[nH]cnc3[C@@H]2c2cc3c(F)cccn3n2)n1. The molecule has 8 nitrogen and oxygen atoms in total. The molecule has 0 fully saturated rings. The number of aliphatic hydroxyl groups excluding tert-OH is 1. The molecular weight excluding hydrogens is 421 g/mol. The molecule has 1 unspecified atom stereocenters. The van der Waals surface area contributed by atoms with E-state index in [9.17, 15) is 9.50 Å². The number of H-pyrrole nitrogens is 1. The van der Waals surface area contributed by atoms with E-state index in [0.717, 1.165) is 23.4 Å². The van der Waals surface area contributed by atoms with Crippen LogP contribution in [0.4, 0.5) is 10.3 Å². The minimum absolute atomic E-state index is 0.343. The lowest BCUT2D eigenvalue weighted by Crippen LogP contribution is -2.38. The second-order valence-corrected chi connectivity index (χ2v) is 7.96. The van der Waals surface area contributed by atoms with Crippen molar-refractivity contribution in [3.63, 3.8) is 0 Å². The normalized spacial score (nSPS) is 16.7. The molecule has 2 atom stereocenters. The monoisotopic (exact) mass is 441 g/mol. The Kier molecular flexibility index (Phi) is 4.62. The third kappa shape index (κ3) is 3.33. The van der Waals surface area contributed by atoms with Crippen LogP contribution in [0.25, 0.3) is 5.52 Å². The number of pyridine rings is 1. The first-order valence-electron chi connectivity index (χ1n) is 10.7. The molecule has 0 saturated heterocycles. The molecule has 5 heterocycles. The van der Waals surface area contributed by atoms with Gasteiger partial charge in [0.2, 0.25) is 5.95 Å². The van der Waals surface area contributed by atoms with E-state index in [0.29, 0.717) is 29.4 Å². The predicted molar refractivity (Wildman–Crippen MR) is 119 cm³/mol. The van der Waals surface area contributed by atoms with Gasteiger partial charge in [-0.05, 0) is 29.8 Å². The largest absolute Gasteiger partial charge is 0.382 e. The first kappa shape index (κ1) is 19.6. The van der Waals surface area contributed by atoms with Gasteiger partial charge in [-0.25, -0.2) is 23.9 Å². The summed E-state index contributed by atoms with van der Waals surface area (Å²) in [5.41, 5.74) is 4.11. The van der Waals surface area contributed by atoms with Crippen molar-refractivity contribution in [2.45, 2.75) is 18.6 Å². The van der Waals surface area contributed by atoms with E-state index in [1.54, 1.807) is 36.9 Å². The summed E-state index contributed by atoms with van der Waals surface area (Å²) in [5, 5.41) is 15.5. The fraction of sp³-hybridized carbons (Fsp3) is 0.167. The second kappa shape index (κ2) is 7.79. The second-order valence-electron chi connectivity index (χ2n) is 7.96. The highest BCUT2D eigenvalue weighted by Crippen LogP contribution is 2.36. The lowest BCUT2D eigenvalue weighted by atomic mass is 10.00. The Bertz CT molecular complexity index is 1430. The van der Waals surface area contributed by atoms with Gasteiger partial charge in [0.1, 0.15) is 23.5 Å². The predicted octanol–water partition coefficient (Wildman–Crippen LogP) is 3.22. The van der Waals surface area contributed by atoms with Crippen molar-refractivity contribution < 1.29 is 9.50 Å². The smallest absolute Gasteiger partial charge is 0.226 e. The van der Waals surface area contributed by atoms with Crippen LogP contribution in [0.3, 0.4) is 0 Å². The maximum absolute atomic E-state index is 14.4. The van der Waals surface area contributed by atoms with Crippen molar-refractivity contribution in [2.75, 3.05) is 11.4 Å². The summed E-state index contributed by atoms with van der Waals surface area (Å²) < 4.78 is 15.9. The van der Waals surface area contributed by atoms with Crippen LogP contribution in [0.2, 0.25) is 0 Å². The van der Waals surface area contributed by atoms with E-state index < -0.39 is 12.1 Å². The molecule has 164 valence electrons. The molecule has 6 rings (SSSR count). The van der Waals surface area contributed by atoms with Gasteiger partial charge in [0.05, 0.1) is 23.4 Å². The van der Waals surface area contributed by atoms with Crippen LogP contribution in [-0.4, -0.2) is 41.2 Å². The zero-order valence-corrected chi connectivity index (χ0v) is 17.5. The summed E-state index contributed by atoms with van der Waals surface area (Å²) in [4.78, 5) is 18.9.